The summed E-state index contributed by atoms with van der Waals surface area (Å²) in [5.41, 5.74) is 3.96. The van der Waals surface area contributed by atoms with Crippen molar-refractivity contribution in [1.82, 2.24) is 5.32 Å². The van der Waals surface area contributed by atoms with E-state index >= 15 is 0 Å². The van der Waals surface area contributed by atoms with Crippen molar-refractivity contribution in [2.24, 2.45) is 0 Å². The standard InChI is InChI=1S/C18H21BrN2/c1-13-8-16(19)10-17(9-13)21-12-18(20-11-14(21)2)15-6-4-3-5-7-15/h3-10,14,18,20H,11-12H2,1-2H3. The third-order valence-corrected chi connectivity index (χ3v) is 4.59. The molecule has 110 valence electrons. The van der Waals surface area contributed by atoms with Gasteiger partial charge < -0.3 is 10.2 Å². The van der Waals surface area contributed by atoms with Crippen molar-refractivity contribution in [1.29, 1.82) is 0 Å². The highest BCUT2D eigenvalue weighted by atomic mass is 79.9. The molecule has 0 aliphatic carbocycles. The SMILES string of the molecule is Cc1cc(Br)cc(N2CC(c3ccccc3)NCC2C)c1. The van der Waals surface area contributed by atoms with Crippen LogP contribution in [0.1, 0.15) is 24.1 Å². The Hall–Kier alpha value is -1.32. The normalized spacial score (nSPS) is 22.3. The zero-order chi connectivity index (χ0) is 14.8. The number of aryl methyl sites for hydroxylation is 1. The first-order valence-electron chi connectivity index (χ1n) is 7.45. The number of anilines is 1. The van der Waals surface area contributed by atoms with Crippen LogP contribution in [0.3, 0.4) is 0 Å². The van der Waals surface area contributed by atoms with Crippen LogP contribution >= 0.6 is 15.9 Å². The van der Waals surface area contributed by atoms with Crippen molar-refractivity contribution in [3.8, 4) is 0 Å². The number of hydrogen-bond donors (Lipinski definition) is 1. The van der Waals surface area contributed by atoms with E-state index in [2.05, 4.69) is 88.5 Å². The molecule has 1 aliphatic rings. The van der Waals surface area contributed by atoms with Gasteiger partial charge in [0.1, 0.15) is 0 Å². The van der Waals surface area contributed by atoms with E-state index in [1.807, 2.05) is 0 Å². The van der Waals surface area contributed by atoms with Gasteiger partial charge >= 0.3 is 0 Å². The molecule has 0 amide bonds. The molecule has 0 spiro atoms. The van der Waals surface area contributed by atoms with Gasteiger partial charge in [0.25, 0.3) is 0 Å². The van der Waals surface area contributed by atoms with E-state index in [4.69, 9.17) is 0 Å². The minimum Gasteiger partial charge on any atom is -0.366 e. The van der Waals surface area contributed by atoms with Crippen LogP contribution in [-0.2, 0) is 0 Å². The highest BCUT2D eigenvalue weighted by Crippen LogP contribution is 2.28. The van der Waals surface area contributed by atoms with E-state index < -0.39 is 0 Å². The van der Waals surface area contributed by atoms with Crippen LogP contribution in [0.5, 0.6) is 0 Å². The molecule has 3 heteroatoms. The summed E-state index contributed by atoms with van der Waals surface area (Å²) >= 11 is 3.62. The Bertz CT molecular complexity index is 592. The van der Waals surface area contributed by atoms with Crippen molar-refractivity contribution < 1.29 is 0 Å². The smallest absolute Gasteiger partial charge is 0.0499 e. The van der Waals surface area contributed by atoms with Crippen molar-refractivity contribution >= 4 is 21.6 Å². The Balaban J connectivity index is 1.87. The van der Waals surface area contributed by atoms with E-state index in [1.165, 1.54) is 16.8 Å². The van der Waals surface area contributed by atoms with Gasteiger partial charge in [-0.1, -0.05) is 46.3 Å². The third-order valence-electron chi connectivity index (χ3n) is 4.13. The number of piperazine rings is 1. The lowest BCUT2D eigenvalue weighted by molar-refractivity contribution is 0.414. The topological polar surface area (TPSA) is 15.3 Å². The zero-order valence-electron chi connectivity index (χ0n) is 12.5. The Morgan fingerprint density at radius 3 is 2.62 bits per heavy atom. The highest BCUT2D eigenvalue weighted by molar-refractivity contribution is 9.10. The predicted molar refractivity (Wildman–Crippen MR) is 92.9 cm³/mol. The molecule has 1 heterocycles. The minimum absolute atomic E-state index is 0.390. The molecule has 3 rings (SSSR count). The van der Waals surface area contributed by atoms with Gasteiger partial charge in [0, 0.05) is 35.3 Å². The quantitative estimate of drug-likeness (QED) is 0.873. The van der Waals surface area contributed by atoms with Crippen molar-refractivity contribution in [3.05, 3.63) is 64.1 Å². The Morgan fingerprint density at radius 1 is 1.14 bits per heavy atom. The number of nitrogens with one attached hydrogen (secondary N) is 1. The van der Waals surface area contributed by atoms with Crippen LogP contribution in [0.4, 0.5) is 5.69 Å². The molecule has 2 atom stereocenters. The first-order chi connectivity index (χ1) is 10.1. The molecule has 0 saturated carbocycles. The molecule has 0 bridgehead atoms. The molecule has 2 aromatic rings. The van der Waals surface area contributed by atoms with E-state index in [-0.39, 0.29) is 0 Å². The van der Waals surface area contributed by atoms with Crippen LogP contribution in [0, 0.1) is 6.92 Å². The molecule has 2 unspecified atom stereocenters. The second kappa shape index (κ2) is 6.20. The van der Waals surface area contributed by atoms with Crippen LogP contribution < -0.4 is 10.2 Å². The molecule has 2 nitrogen and oxygen atoms in total. The Labute approximate surface area is 135 Å². The molecule has 0 aromatic heterocycles. The summed E-state index contributed by atoms with van der Waals surface area (Å²) in [4.78, 5) is 2.51. The largest absolute Gasteiger partial charge is 0.366 e. The third kappa shape index (κ3) is 3.30. The summed E-state index contributed by atoms with van der Waals surface area (Å²) in [6, 6.07) is 18.3. The molecule has 21 heavy (non-hydrogen) atoms. The zero-order valence-corrected chi connectivity index (χ0v) is 14.1. The maximum Gasteiger partial charge on any atom is 0.0499 e. The molecule has 0 radical (unpaired) electrons. The van der Waals surface area contributed by atoms with E-state index in [0.717, 1.165) is 17.6 Å². The number of nitrogens with zero attached hydrogens (tertiary/aromatic N) is 1. The molecule has 2 aromatic carbocycles. The average molecular weight is 345 g/mol. The number of benzene rings is 2. The van der Waals surface area contributed by atoms with Gasteiger partial charge in [-0.3, -0.25) is 0 Å². The molecule has 1 aliphatic heterocycles. The van der Waals surface area contributed by atoms with Crippen LogP contribution in [0.25, 0.3) is 0 Å². The Kier molecular flexibility index (Phi) is 4.32. The summed E-state index contributed by atoms with van der Waals surface area (Å²) in [6.45, 7) is 6.44. The number of rotatable bonds is 2. The fourth-order valence-corrected chi connectivity index (χ4v) is 3.61. The summed E-state index contributed by atoms with van der Waals surface area (Å²) in [6.07, 6.45) is 0. The fraction of sp³-hybridized carbons (Fsp3) is 0.333. The predicted octanol–water partition coefficient (Wildman–Crippen LogP) is 4.30. The van der Waals surface area contributed by atoms with Crippen molar-refractivity contribution in [2.75, 3.05) is 18.0 Å². The van der Waals surface area contributed by atoms with Crippen molar-refractivity contribution in [3.63, 3.8) is 0 Å². The van der Waals surface area contributed by atoms with Crippen LogP contribution in [0.15, 0.2) is 53.0 Å². The van der Waals surface area contributed by atoms with Gasteiger partial charge in [0.15, 0.2) is 0 Å². The first kappa shape index (κ1) is 14.6. The van der Waals surface area contributed by atoms with Gasteiger partial charge in [0.05, 0.1) is 0 Å². The summed E-state index contributed by atoms with van der Waals surface area (Å²) in [5, 5.41) is 3.66. The average Bonchev–Trinajstić information content (AvgIpc) is 2.47. The summed E-state index contributed by atoms with van der Waals surface area (Å²) in [5.74, 6) is 0. The van der Waals surface area contributed by atoms with Gasteiger partial charge in [-0.05, 0) is 43.2 Å². The molecule has 1 saturated heterocycles. The van der Waals surface area contributed by atoms with E-state index in [9.17, 15) is 0 Å². The first-order valence-corrected chi connectivity index (χ1v) is 8.25. The van der Waals surface area contributed by atoms with E-state index in [0.29, 0.717) is 12.1 Å². The van der Waals surface area contributed by atoms with Gasteiger partial charge in [-0.2, -0.15) is 0 Å². The Morgan fingerprint density at radius 2 is 1.90 bits per heavy atom. The van der Waals surface area contributed by atoms with Crippen LogP contribution in [-0.4, -0.2) is 19.1 Å². The lowest BCUT2D eigenvalue weighted by atomic mass is 10.0. The van der Waals surface area contributed by atoms with Gasteiger partial charge in [-0.25, -0.2) is 0 Å². The number of halogens is 1. The lowest BCUT2D eigenvalue weighted by Crippen LogP contribution is -2.51. The van der Waals surface area contributed by atoms with E-state index in [1.54, 1.807) is 0 Å². The molecule has 1 fully saturated rings. The highest BCUT2D eigenvalue weighted by Gasteiger charge is 2.26. The fourth-order valence-electron chi connectivity index (χ4n) is 3.02. The maximum atomic E-state index is 3.66. The second-order valence-electron chi connectivity index (χ2n) is 5.86. The molecular weight excluding hydrogens is 324 g/mol. The van der Waals surface area contributed by atoms with Gasteiger partial charge in [-0.15, -0.1) is 0 Å². The lowest BCUT2D eigenvalue weighted by Gasteiger charge is -2.40. The summed E-state index contributed by atoms with van der Waals surface area (Å²) in [7, 11) is 0. The monoisotopic (exact) mass is 344 g/mol. The van der Waals surface area contributed by atoms with Gasteiger partial charge in [0.2, 0.25) is 0 Å². The maximum absolute atomic E-state index is 3.66. The molecular formula is C18H21BrN2. The number of hydrogen-bond acceptors (Lipinski definition) is 2. The minimum atomic E-state index is 0.390. The summed E-state index contributed by atoms with van der Waals surface area (Å²) < 4.78 is 1.15. The molecule has 1 N–H and O–H groups in total. The second-order valence-corrected chi connectivity index (χ2v) is 6.78. The van der Waals surface area contributed by atoms with Crippen molar-refractivity contribution in [2.45, 2.75) is 25.9 Å². The van der Waals surface area contributed by atoms with Crippen LogP contribution in [0.2, 0.25) is 0 Å².